The highest BCUT2D eigenvalue weighted by molar-refractivity contribution is 5.96. The summed E-state index contributed by atoms with van der Waals surface area (Å²) >= 11 is 0. The first-order valence-electron chi connectivity index (χ1n) is 7.82. The molecule has 1 aromatic carbocycles. The minimum absolute atomic E-state index is 0.0741. The molecule has 3 heterocycles. The maximum Gasteiger partial charge on any atom is 0.232 e. The van der Waals surface area contributed by atoms with Gasteiger partial charge in [-0.1, -0.05) is 22.9 Å². The average molecular weight is 320 g/mol. The van der Waals surface area contributed by atoms with Gasteiger partial charge in [0.2, 0.25) is 17.6 Å². The Kier molecular flexibility index (Phi) is 3.57. The van der Waals surface area contributed by atoms with Crippen LogP contribution in [0.1, 0.15) is 23.8 Å². The van der Waals surface area contributed by atoms with Gasteiger partial charge < -0.3 is 9.42 Å². The van der Waals surface area contributed by atoms with E-state index in [1.807, 2.05) is 43.3 Å². The van der Waals surface area contributed by atoms with E-state index in [4.69, 9.17) is 4.52 Å². The van der Waals surface area contributed by atoms with Crippen LogP contribution in [0.25, 0.3) is 11.4 Å². The molecule has 0 bridgehead atoms. The topological polar surface area (TPSA) is 72.1 Å². The zero-order valence-corrected chi connectivity index (χ0v) is 13.2. The van der Waals surface area contributed by atoms with Gasteiger partial charge in [-0.25, -0.2) is 0 Å². The quantitative estimate of drug-likeness (QED) is 0.742. The summed E-state index contributed by atoms with van der Waals surface area (Å²) in [5.74, 6) is 0.984. The fourth-order valence-electron chi connectivity index (χ4n) is 2.86. The van der Waals surface area contributed by atoms with Crippen LogP contribution in [0, 0.1) is 6.92 Å². The minimum Gasteiger partial charge on any atom is -0.339 e. The summed E-state index contributed by atoms with van der Waals surface area (Å²) in [7, 11) is 0. The molecule has 6 heteroatoms. The Bertz CT molecular complexity index is 858. The highest BCUT2D eigenvalue weighted by Crippen LogP contribution is 2.31. The number of benzene rings is 1. The SMILES string of the molecule is Cc1ccc(N2C[C@H](c3nc(-c4cccnc4)no3)CC2=O)cc1. The Morgan fingerprint density at radius 2 is 2.04 bits per heavy atom. The third-order valence-electron chi connectivity index (χ3n) is 4.18. The molecule has 1 atom stereocenters. The molecule has 0 radical (unpaired) electrons. The van der Waals surface area contributed by atoms with Crippen molar-refractivity contribution in [3.63, 3.8) is 0 Å². The third kappa shape index (κ3) is 2.67. The lowest BCUT2D eigenvalue weighted by Gasteiger charge is -2.16. The number of carbonyl (C=O) groups excluding carboxylic acids is 1. The van der Waals surface area contributed by atoms with Crippen LogP contribution in [0.5, 0.6) is 0 Å². The summed E-state index contributed by atoms with van der Waals surface area (Å²) in [5, 5.41) is 4.01. The first-order valence-corrected chi connectivity index (χ1v) is 7.82. The van der Waals surface area contributed by atoms with Crippen molar-refractivity contribution in [2.75, 3.05) is 11.4 Å². The first kappa shape index (κ1) is 14.6. The largest absolute Gasteiger partial charge is 0.339 e. The second kappa shape index (κ2) is 5.88. The highest BCUT2D eigenvalue weighted by atomic mass is 16.5. The normalized spacial score (nSPS) is 17.5. The summed E-state index contributed by atoms with van der Waals surface area (Å²) < 4.78 is 5.39. The lowest BCUT2D eigenvalue weighted by molar-refractivity contribution is -0.117. The van der Waals surface area contributed by atoms with E-state index in [0.29, 0.717) is 24.7 Å². The van der Waals surface area contributed by atoms with Crippen molar-refractivity contribution in [2.24, 2.45) is 0 Å². The van der Waals surface area contributed by atoms with E-state index in [1.165, 1.54) is 5.56 Å². The van der Waals surface area contributed by atoms with Gasteiger partial charge in [0.1, 0.15) is 0 Å². The van der Waals surface area contributed by atoms with Gasteiger partial charge in [-0.2, -0.15) is 4.98 Å². The molecule has 1 amide bonds. The maximum absolute atomic E-state index is 12.3. The molecular formula is C18H16N4O2. The number of carbonyl (C=O) groups is 1. The summed E-state index contributed by atoms with van der Waals surface area (Å²) in [6, 6.07) is 11.6. The van der Waals surface area contributed by atoms with E-state index < -0.39 is 0 Å². The fraction of sp³-hybridized carbons (Fsp3) is 0.222. The summed E-state index contributed by atoms with van der Waals surface area (Å²) in [5.41, 5.74) is 2.87. The molecule has 0 saturated carbocycles. The fourth-order valence-corrected chi connectivity index (χ4v) is 2.86. The molecule has 0 unspecified atom stereocenters. The number of pyridine rings is 1. The van der Waals surface area contributed by atoms with Crippen LogP contribution in [-0.4, -0.2) is 27.6 Å². The predicted octanol–water partition coefficient (Wildman–Crippen LogP) is 2.96. The molecule has 120 valence electrons. The zero-order valence-electron chi connectivity index (χ0n) is 13.2. The van der Waals surface area contributed by atoms with Crippen LogP contribution in [0.15, 0.2) is 53.3 Å². The van der Waals surface area contributed by atoms with Gasteiger partial charge >= 0.3 is 0 Å². The molecule has 2 aromatic heterocycles. The molecule has 1 fully saturated rings. The Labute approximate surface area is 139 Å². The van der Waals surface area contributed by atoms with Crippen molar-refractivity contribution in [1.29, 1.82) is 0 Å². The van der Waals surface area contributed by atoms with Crippen LogP contribution in [-0.2, 0) is 4.79 Å². The summed E-state index contributed by atoms with van der Waals surface area (Å²) in [6.45, 7) is 2.58. The lowest BCUT2D eigenvalue weighted by atomic mass is 10.1. The van der Waals surface area contributed by atoms with E-state index in [2.05, 4.69) is 15.1 Å². The van der Waals surface area contributed by atoms with Crippen molar-refractivity contribution in [3.05, 3.63) is 60.2 Å². The molecule has 0 spiro atoms. The van der Waals surface area contributed by atoms with Crippen LogP contribution in [0.2, 0.25) is 0 Å². The van der Waals surface area contributed by atoms with E-state index in [0.717, 1.165) is 11.3 Å². The molecule has 0 N–H and O–H groups in total. The van der Waals surface area contributed by atoms with Crippen molar-refractivity contribution >= 4 is 11.6 Å². The Hall–Kier alpha value is -3.02. The van der Waals surface area contributed by atoms with Crippen molar-refractivity contribution in [2.45, 2.75) is 19.3 Å². The molecule has 1 saturated heterocycles. The molecule has 6 nitrogen and oxygen atoms in total. The summed E-state index contributed by atoms with van der Waals surface area (Å²) in [4.78, 5) is 22.6. The maximum atomic E-state index is 12.3. The van der Waals surface area contributed by atoms with E-state index in [1.54, 1.807) is 17.3 Å². The van der Waals surface area contributed by atoms with Gasteiger partial charge in [0, 0.05) is 36.6 Å². The molecule has 1 aliphatic heterocycles. The lowest BCUT2D eigenvalue weighted by Crippen LogP contribution is -2.24. The van der Waals surface area contributed by atoms with E-state index >= 15 is 0 Å². The van der Waals surface area contributed by atoms with E-state index in [9.17, 15) is 4.79 Å². The molecule has 24 heavy (non-hydrogen) atoms. The third-order valence-corrected chi connectivity index (χ3v) is 4.18. The zero-order chi connectivity index (χ0) is 16.5. The first-order chi connectivity index (χ1) is 11.7. The van der Waals surface area contributed by atoms with Crippen molar-refractivity contribution < 1.29 is 9.32 Å². The van der Waals surface area contributed by atoms with Crippen LogP contribution >= 0.6 is 0 Å². The molecule has 1 aliphatic rings. The smallest absolute Gasteiger partial charge is 0.232 e. The Balaban J connectivity index is 1.55. The van der Waals surface area contributed by atoms with Gasteiger partial charge in [0.25, 0.3) is 0 Å². The number of aryl methyl sites for hydroxylation is 1. The molecular weight excluding hydrogens is 304 g/mol. The van der Waals surface area contributed by atoms with Crippen molar-refractivity contribution in [3.8, 4) is 11.4 Å². The van der Waals surface area contributed by atoms with Gasteiger partial charge in [0.05, 0.1) is 5.92 Å². The number of hydrogen-bond donors (Lipinski definition) is 0. The number of amides is 1. The van der Waals surface area contributed by atoms with Gasteiger partial charge in [-0.05, 0) is 31.2 Å². The van der Waals surface area contributed by atoms with Crippen molar-refractivity contribution in [1.82, 2.24) is 15.1 Å². The predicted molar refractivity (Wildman–Crippen MR) is 88.4 cm³/mol. The van der Waals surface area contributed by atoms with Crippen LogP contribution < -0.4 is 4.90 Å². The second-order valence-electron chi connectivity index (χ2n) is 5.94. The van der Waals surface area contributed by atoms with E-state index in [-0.39, 0.29) is 11.8 Å². The Morgan fingerprint density at radius 3 is 2.79 bits per heavy atom. The molecule has 3 aromatic rings. The molecule has 4 rings (SSSR count). The number of nitrogens with zero attached hydrogens (tertiary/aromatic N) is 4. The van der Waals surface area contributed by atoms with Gasteiger partial charge in [-0.3, -0.25) is 9.78 Å². The monoisotopic (exact) mass is 320 g/mol. The van der Waals surface area contributed by atoms with Gasteiger partial charge in [-0.15, -0.1) is 0 Å². The number of rotatable bonds is 3. The standard InChI is InChI=1S/C18H16N4O2/c1-12-4-6-15(7-5-12)22-11-14(9-16(22)23)18-20-17(21-24-18)13-3-2-8-19-10-13/h2-8,10,14H,9,11H2,1H3/t14-/m1/s1. The van der Waals surface area contributed by atoms with Crippen LogP contribution in [0.3, 0.4) is 0 Å². The Morgan fingerprint density at radius 1 is 1.21 bits per heavy atom. The van der Waals surface area contributed by atoms with Gasteiger partial charge in [0.15, 0.2) is 0 Å². The minimum atomic E-state index is -0.0864. The molecule has 0 aliphatic carbocycles. The van der Waals surface area contributed by atoms with Crippen LogP contribution in [0.4, 0.5) is 5.69 Å². The summed E-state index contributed by atoms with van der Waals surface area (Å²) in [6.07, 6.45) is 3.76. The number of hydrogen-bond acceptors (Lipinski definition) is 5. The average Bonchev–Trinajstić information content (AvgIpc) is 3.23. The highest BCUT2D eigenvalue weighted by Gasteiger charge is 2.35. The number of aromatic nitrogens is 3. The second-order valence-corrected chi connectivity index (χ2v) is 5.94. The number of anilines is 1.